The summed E-state index contributed by atoms with van der Waals surface area (Å²) >= 11 is 5.75. The summed E-state index contributed by atoms with van der Waals surface area (Å²) in [6.07, 6.45) is 0. The molecule has 1 heterocycles. The number of thiocarbonyl (C=S) groups is 1. The molecule has 1 aromatic heterocycles. The molecule has 0 bridgehead atoms. The molecule has 0 aliphatic heterocycles. The third kappa shape index (κ3) is 5.15. The van der Waals surface area contributed by atoms with Crippen LogP contribution in [-0.2, 0) is 13.1 Å². The molecular formula is C26H25N3O2S. The number of pyridine rings is 1. The lowest BCUT2D eigenvalue weighted by Crippen LogP contribution is -2.35. The van der Waals surface area contributed by atoms with E-state index >= 15 is 0 Å². The van der Waals surface area contributed by atoms with Crippen molar-refractivity contribution in [3.63, 3.8) is 0 Å². The Labute approximate surface area is 192 Å². The molecule has 6 heteroatoms. The number of hydrogen-bond donors (Lipinski definition) is 2. The molecule has 0 spiro atoms. The van der Waals surface area contributed by atoms with Gasteiger partial charge in [-0.15, -0.1) is 0 Å². The van der Waals surface area contributed by atoms with E-state index in [0.29, 0.717) is 29.5 Å². The van der Waals surface area contributed by atoms with E-state index in [0.717, 1.165) is 22.2 Å². The van der Waals surface area contributed by atoms with Gasteiger partial charge in [-0.25, -0.2) is 0 Å². The molecule has 0 unspecified atom stereocenters. The van der Waals surface area contributed by atoms with Gasteiger partial charge >= 0.3 is 0 Å². The van der Waals surface area contributed by atoms with Crippen LogP contribution < -0.4 is 15.6 Å². The first-order valence-electron chi connectivity index (χ1n) is 10.4. The first-order valence-corrected chi connectivity index (χ1v) is 10.8. The van der Waals surface area contributed by atoms with Gasteiger partial charge in [0.1, 0.15) is 5.75 Å². The number of nitrogens with zero attached hydrogens (tertiary/aromatic N) is 1. The number of rotatable bonds is 6. The third-order valence-electron chi connectivity index (χ3n) is 5.30. The lowest BCUT2D eigenvalue weighted by atomic mass is 10.1. The molecule has 0 atom stereocenters. The fourth-order valence-electron chi connectivity index (χ4n) is 3.52. The van der Waals surface area contributed by atoms with E-state index in [1.807, 2.05) is 78.6 Å². The van der Waals surface area contributed by atoms with Gasteiger partial charge in [0.2, 0.25) is 0 Å². The largest absolute Gasteiger partial charge is 0.497 e. The Morgan fingerprint density at radius 2 is 1.75 bits per heavy atom. The zero-order valence-electron chi connectivity index (χ0n) is 18.1. The Hall–Kier alpha value is -3.64. The molecule has 0 amide bonds. The SMILES string of the molecule is COc1ccc2cc(CN(Cc3ccccc3)C(=S)Nc3ccc(C)cc3)c(=O)[nH]c2c1. The molecule has 0 saturated heterocycles. The molecule has 0 radical (unpaired) electrons. The molecule has 4 rings (SSSR count). The number of aromatic nitrogens is 1. The lowest BCUT2D eigenvalue weighted by molar-refractivity contribution is 0.411. The van der Waals surface area contributed by atoms with E-state index in [2.05, 4.69) is 22.4 Å². The number of anilines is 1. The van der Waals surface area contributed by atoms with Crippen molar-refractivity contribution in [3.05, 3.63) is 106 Å². The predicted octanol–water partition coefficient (Wildman–Crippen LogP) is 5.24. The highest BCUT2D eigenvalue weighted by atomic mass is 32.1. The molecule has 3 aromatic carbocycles. The third-order valence-corrected chi connectivity index (χ3v) is 5.66. The maximum atomic E-state index is 12.9. The van der Waals surface area contributed by atoms with Crippen LogP contribution in [-0.4, -0.2) is 22.1 Å². The molecule has 4 aromatic rings. The van der Waals surface area contributed by atoms with Crippen LogP contribution in [0.3, 0.4) is 0 Å². The maximum absolute atomic E-state index is 12.9. The molecule has 5 nitrogen and oxygen atoms in total. The predicted molar refractivity (Wildman–Crippen MR) is 134 cm³/mol. The molecule has 32 heavy (non-hydrogen) atoms. The summed E-state index contributed by atoms with van der Waals surface area (Å²) in [6, 6.07) is 25.7. The summed E-state index contributed by atoms with van der Waals surface area (Å²) in [5, 5.41) is 4.81. The van der Waals surface area contributed by atoms with E-state index in [1.54, 1.807) is 7.11 Å². The fraction of sp³-hybridized carbons (Fsp3) is 0.154. The van der Waals surface area contributed by atoms with Crippen molar-refractivity contribution < 1.29 is 4.74 Å². The minimum absolute atomic E-state index is 0.137. The average Bonchev–Trinajstić information content (AvgIpc) is 2.81. The summed E-state index contributed by atoms with van der Waals surface area (Å²) in [4.78, 5) is 17.8. The average molecular weight is 444 g/mol. The van der Waals surface area contributed by atoms with Crippen molar-refractivity contribution in [1.82, 2.24) is 9.88 Å². The van der Waals surface area contributed by atoms with E-state index < -0.39 is 0 Å². The van der Waals surface area contributed by atoms with Crippen molar-refractivity contribution in [3.8, 4) is 5.75 Å². The summed E-state index contributed by atoms with van der Waals surface area (Å²) in [7, 11) is 1.61. The maximum Gasteiger partial charge on any atom is 0.253 e. The number of aryl methyl sites for hydroxylation is 1. The van der Waals surface area contributed by atoms with Gasteiger partial charge in [-0.2, -0.15) is 0 Å². The lowest BCUT2D eigenvalue weighted by Gasteiger charge is -2.26. The minimum atomic E-state index is -0.137. The van der Waals surface area contributed by atoms with Gasteiger partial charge in [0.25, 0.3) is 5.56 Å². The van der Waals surface area contributed by atoms with Gasteiger partial charge < -0.3 is 19.9 Å². The second-order valence-electron chi connectivity index (χ2n) is 7.71. The number of methoxy groups -OCH3 is 1. The van der Waals surface area contributed by atoms with Crippen molar-refractivity contribution in [2.45, 2.75) is 20.0 Å². The first-order chi connectivity index (χ1) is 15.5. The Morgan fingerprint density at radius 1 is 1.00 bits per heavy atom. The molecule has 0 fully saturated rings. The molecule has 0 saturated carbocycles. The van der Waals surface area contributed by atoms with Gasteiger partial charge in [0.05, 0.1) is 19.2 Å². The summed E-state index contributed by atoms with van der Waals surface area (Å²) in [5.41, 5.74) is 4.46. The van der Waals surface area contributed by atoms with E-state index in [1.165, 1.54) is 5.56 Å². The van der Waals surface area contributed by atoms with Crippen LogP contribution in [0.4, 0.5) is 5.69 Å². The van der Waals surface area contributed by atoms with Crippen LogP contribution in [0, 0.1) is 6.92 Å². The highest BCUT2D eigenvalue weighted by molar-refractivity contribution is 7.80. The van der Waals surface area contributed by atoms with Gasteiger partial charge in [-0.05, 0) is 60.4 Å². The Morgan fingerprint density at radius 3 is 2.47 bits per heavy atom. The normalized spacial score (nSPS) is 10.7. The van der Waals surface area contributed by atoms with Gasteiger partial charge in [-0.1, -0.05) is 48.0 Å². The van der Waals surface area contributed by atoms with Crippen LogP contribution in [0.15, 0.2) is 83.7 Å². The number of aromatic amines is 1. The minimum Gasteiger partial charge on any atom is -0.497 e. The van der Waals surface area contributed by atoms with Gasteiger partial charge in [0.15, 0.2) is 5.11 Å². The number of fused-ring (bicyclic) bond motifs is 1. The topological polar surface area (TPSA) is 57.4 Å². The second kappa shape index (κ2) is 9.66. The Kier molecular flexibility index (Phi) is 6.52. The quantitative estimate of drug-likeness (QED) is 0.399. The zero-order chi connectivity index (χ0) is 22.5. The Bertz CT molecular complexity index is 1280. The van der Waals surface area contributed by atoms with Gasteiger partial charge in [0, 0.05) is 23.9 Å². The van der Waals surface area contributed by atoms with Crippen molar-refractivity contribution in [1.29, 1.82) is 0 Å². The summed E-state index contributed by atoms with van der Waals surface area (Å²) in [6.45, 7) is 3.01. The van der Waals surface area contributed by atoms with Crippen LogP contribution in [0.5, 0.6) is 5.75 Å². The molecule has 162 valence electrons. The standard InChI is InChI=1S/C26H25N3O2S/c1-18-8-11-22(12-9-18)27-26(32)29(16-19-6-4-3-5-7-19)17-21-14-20-10-13-23(31-2)15-24(20)28-25(21)30/h3-15H,16-17H2,1-2H3,(H,27,32)(H,28,30). The van der Waals surface area contributed by atoms with E-state index in [-0.39, 0.29) is 5.56 Å². The zero-order valence-corrected chi connectivity index (χ0v) is 18.9. The molecular weight excluding hydrogens is 418 g/mol. The van der Waals surface area contributed by atoms with Crippen molar-refractivity contribution in [2.75, 3.05) is 12.4 Å². The van der Waals surface area contributed by atoms with Crippen molar-refractivity contribution >= 4 is 33.9 Å². The smallest absolute Gasteiger partial charge is 0.253 e. The highest BCUT2D eigenvalue weighted by Crippen LogP contribution is 2.20. The Balaban J connectivity index is 1.63. The molecule has 2 N–H and O–H groups in total. The number of nitrogens with one attached hydrogen (secondary N) is 2. The highest BCUT2D eigenvalue weighted by Gasteiger charge is 2.15. The van der Waals surface area contributed by atoms with Crippen LogP contribution in [0.25, 0.3) is 10.9 Å². The number of ether oxygens (including phenoxy) is 1. The number of hydrogen-bond acceptors (Lipinski definition) is 3. The van der Waals surface area contributed by atoms with Gasteiger partial charge in [-0.3, -0.25) is 4.79 Å². The molecule has 0 aliphatic carbocycles. The monoisotopic (exact) mass is 443 g/mol. The number of H-pyrrole nitrogens is 1. The van der Waals surface area contributed by atoms with Crippen molar-refractivity contribution in [2.24, 2.45) is 0 Å². The van der Waals surface area contributed by atoms with Crippen LogP contribution >= 0.6 is 12.2 Å². The fourth-order valence-corrected chi connectivity index (χ4v) is 3.77. The molecule has 0 aliphatic rings. The van der Waals surface area contributed by atoms with Crippen LogP contribution in [0.2, 0.25) is 0 Å². The number of benzene rings is 3. The van der Waals surface area contributed by atoms with E-state index in [4.69, 9.17) is 17.0 Å². The summed E-state index contributed by atoms with van der Waals surface area (Å²) < 4.78 is 5.26. The second-order valence-corrected chi connectivity index (χ2v) is 8.10. The van der Waals surface area contributed by atoms with E-state index in [9.17, 15) is 4.79 Å². The van der Waals surface area contributed by atoms with Crippen LogP contribution in [0.1, 0.15) is 16.7 Å². The summed E-state index contributed by atoms with van der Waals surface area (Å²) in [5.74, 6) is 0.704. The first kappa shape index (κ1) is 21.6.